The van der Waals surface area contributed by atoms with Crippen LogP contribution in [-0.4, -0.2) is 57.5 Å². The van der Waals surface area contributed by atoms with Gasteiger partial charge in [-0.15, -0.1) is 0 Å². The zero-order valence-corrected chi connectivity index (χ0v) is 21.8. The Morgan fingerprint density at radius 3 is 2.80 bits per heavy atom. The maximum atomic E-state index is 13.8. The van der Waals surface area contributed by atoms with Gasteiger partial charge in [0, 0.05) is 45.9 Å². The molecule has 3 N–H and O–H groups in total. The highest BCUT2D eigenvalue weighted by atomic mass is 28.3. The molecule has 11 heteroatoms. The molecule has 0 aliphatic heterocycles. The van der Waals surface area contributed by atoms with Crippen LogP contribution in [0.1, 0.15) is 17.3 Å². The fourth-order valence-corrected chi connectivity index (χ4v) is 4.50. The molecule has 186 valence electrons. The van der Waals surface area contributed by atoms with Crippen LogP contribution in [0.25, 0.3) is 33.5 Å². The minimum Gasteiger partial charge on any atom is -0.361 e. The Labute approximate surface area is 204 Å². The molecular formula is C24H32FN7O2Si. The van der Waals surface area contributed by atoms with Crippen molar-refractivity contribution in [2.75, 3.05) is 13.2 Å². The van der Waals surface area contributed by atoms with Crippen molar-refractivity contribution in [3.05, 3.63) is 42.0 Å². The number of aromatic nitrogens is 5. The predicted molar refractivity (Wildman–Crippen MR) is 137 cm³/mol. The molecule has 1 atom stereocenters. The Balaban J connectivity index is 1.73. The van der Waals surface area contributed by atoms with Crippen molar-refractivity contribution in [3.63, 3.8) is 0 Å². The normalized spacial score (nSPS) is 13.0. The maximum absolute atomic E-state index is 13.8. The summed E-state index contributed by atoms with van der Waals surface area (Å²) in [5.41, 5.74) is 8.89. The summed E-state index contributed by atoms with van der Waals surface area (Å²) in [4.78, 5) is 22.4. The molecule has 0 saturated heterocycles. The quantitative estimate of drug-likeness (QED) is 0.270. The number of aryl methyl sites for hydroxylation is 1. The summed E-state index contributed by atoms with van der Waals surface area (Å²) in [6.45, 7) is 9.96. The summed E-state index contributed by atoms with van der Waals surface area (Å²) in [7, 11) is 0.525. The van der Waals surface area contributed by atoms with E-state index in [0.29, 0.717) is 46.8 Å². The lowest BCUT2D eigenvalue weighted by atomic mass is 10.1. The molecule has 3 heterocycles. The molecule has 3 aromatic heterocycles. The van der Waals surface area contributed by atoms with Crippen molar-refractivity contribution in [3.8, 4) is 11.4 Å². The first kappa shape index (κ1) is 25.0. The number of nitrogens with two attached hydrogens (primary N) is 1. The monoisotopic (exact) mass is 497 g/mol. The average molecular weight is 498 g/mol. The van der Waals surface area contributed by atoms with Gasteiger partial charge >= 0.3 is 0 Å². The fraction of sp³-hybridized carbons (Fsp3) is 0.417. The van der Waals surface area contributed by atoms with Gasteiger partial charge < -0.3 is 20.4 Å². The SMILES string of the molecule is C[C@@H](N)CNC(=O)c1cn(COCC[Si](C)(C)C)c2ncc(-c3nn(C)c4cc(F)ccc34)nc12. The third kappa shape index (κ3) is 5.58. The molecular weight excluding hydrogens is 465 g/mol. The molecule has 4 rings (SSSR count). The molecule has 1 aromatic carbocycles. The van der Waals surface area contributed by atoms with E-state index in [1.807, 2.05) is 6.92 Å². The predicted octanol–water partition coefficient (Wildman–Crippen LogP) is 3.51. The van der Waals surface area contributed by atoms with Crippen molar-refractivity contribution < 1.29 is 13.9 Å². The van der Waals surface area contributed by atoms with Crippen LogP contribution in [0.2, 0.25) is 25.7 Å². The van der Waals surface area contributed by atoms with E-state index in [9.17, 15) is 9.18 Å². The number of halogens is 1. The molecule has 0 fully saturated rings. The van der Waals surface area contributed by atoms with Gasteiger partial charge in [0.25, 0.3) is 5.91 Å². The summed E-state index contributed by atoms with van der Waals surface area (Å²) in [6.07, 6.45) is 3.33. The molecule has 0 radical (unpaired) electrons. The Morgan fingerprint density at radius 1 is 1.31 bits per heavy atom. The van der Waals surface area contributed by atoms with Crippen molar-refractivity contribution >= 4 is 36.0 Å². The third-order valence-corrected chi connectivity index (χ3v) is 7.38. The summed E-state index contributed by atoms with van der Waals surface area (Å²) >= 11 is 0. The summed E-state index contributed by atoms with van der Waals surface area (Å²) < 4.78 is 23.1. The minimum absolute atomic E-state index is 0.181. The zero-order chi connectivity index (χ0) is 25.3. The number of nitrogens with zero attached hydrogens (tertiary/aromatic N) is 5. The van der Waals surface area contributed by atoms with E-state index in [4.69, 9.17) is 15.5 Å². The second kappa shape index (κ2) is 9.84. The number of amides is 1. The van der Waals surface area contributed by atoms with Crippen LogP contribution in [0, 0.1) is 5.82 Å². The Bertz CT molecular complexity index is 1370. The van der Waals surface area contributed by atoms with Crippen LogP contribution in [-0.2, 0) is 18.5 Å². The highest BCUT2D eigenvalue weighted by molar-refractivity contribution is 6.76. The maximum Gasteiger partial charge on any atom is 0.255 e. The molecule has 35 heavy (non-hydrogen) atoms. The van der Waals surface area contributed by atoms with Crippen molar-refractivity contribution in [1.29, 1.82) is 0 Å². The molecule has 1 amide bonds. The van der Waals surface area contributed by atoms with Gasteiger partial charge in [-0.25, -0.2) is 14.4 Å². The lowest BCUT2D eigenvalue weighted by Crippen LogP contribution is -2.35. The lowest BCUT2D eigenvalue weighted by Gasteiger charge is -2.15. The molecule has 4 aromatic rings. The number of hydrogen-bond donors (Lipinski definition) is 2. The first-order valence-corrected chi connectivity index (χ1v) is 15.3. The molecule has 0 aliphatic carbocycles. The number of ether oxygens (including phenoxy) is 1. The van der Waals surface area contributed by atoms with E-state index in [1.165, 1.54) is 12.1 Å². The third-order valence-electron chi connectivity index (χ3n) is 5.68. The molecule has 0 saturated carbocycles. The van der Waals surface area contributed by atoms with Gasteiger partial charge in [0.1, 0.15) is 29.5 Å². The Hall–Kier alpha value is -3.15. The minimum atomic E-state index is -1.22. The van der Waals surface area contributed by atoms with Crippen LogP contribution < -0.4 is 11.1 Å². The number of hydrogen-bond acceptors (Lipinski definition) is 6. The van der Waals surface area contributed by atoms with Crippen LogP contribution in [0.4, 0.5) is 4.39 Å². The molecule has 0 spiro atoms. The number of nitrogens with one attached hydrogen (secondary N) is 1. The largest absolute Gasteiger partial charge is 0.361 e. The van der Waals surface area contributed by atoms with Gasteiger partial charge in [-0.2, -0.15) is 5.10 Å². The van der Waals surface area contributed by atoms with Gasteiger partial charge in [-0.3, -0.25) is 9.48 Å². The van der Waals surface area contributed by atoms with E-state index in [-0.39, 0.29) is 24.5 Å². The van der Waals surface area contributed by atoms with E-state index in [1.54, 1.807) is 34.8 Å². The number of rotatable bonds is 9. The van der Waals surface area contributed by atoms with Crippen LogP contribution >= 0.6 is 0 Å². The van der Waals surface area contributed by atoms with Crippen LogP contribution in [0.15, 0.2) is 30.6 Å². The molecule has 0 bridgehead atoms. The van der Waals surface area contributed by atoms with Crippen LogP contribution in [0.5, 0.6) is 0 Å². The number of carbonyl (C=O) groups is 1. The standard InChI is InChI=1S/C24H32FN7O2Si/c1-15(26)11-28-24(33)18-13-32(14-34-8-9-35(3,4)5)23-22(18)29-19(12-27-23)21-17-7-6-16(25)10-20(17)31(2)30-21/h6-7,10,12-13,15H,8-9,11,14,26H2,1-5H3,(H,28,33)/t15-/m1/s1. The highest BCUT2D eigenvalue weighted by Gasteiger charge is 2.21. The summed E-state index contributed by atoms with van der Waals surface area (Å²) in [5.74, 6) is -0.625. The summed E-state index contributed by atoms with van der Waals surface area (Å²) in [6, 6.07) is 5.35. The van der Waals surface area contributed by atoms with E-state index < -0.39 is 8.07 Å². The first-order chi connectivity index (χ1) is 16.5. The zero-order valence-electron chi connectivity index (χ0n) is 20.8. The fourth-order valence-electron chi connectivity index (χ4n) is 3.74. The van der Waals surface area contributed by atoms with E-state index in [2.05, 4.69) is 35.0 Å². The van der Waals surface area contributed by atoms with E-state index >= 15 is 0 Å². The molecule has 9 nitrogen and oxygen atoms in total. The van der Waals surface area contributed by atoms with Gasteiger partial charge in [-0.1, -0.05) is 19.6 Å². The smallest absolute Gasteiger partial charge is 0.255 e. The van der Waals surface area contributed by atoms with Gasteiger partial charge in [0.2, 0.25) is 0 Å². The lowest BCUT2D eigenvalue weighted by molar-refractivity contribution is 0.0891. The summed E-state index contributed by atoms with van der Waals surface area (Å²) in [5, 5.41) is 8.13. The first-order valence-electron chi connectivity index (χ1n) is 11.6. The molecule has 0 unspecified atom stereocenters. The van der Waals surface area contributed by atoms with Gasteiger partial charge in [0.05, 0.1) is 17.3 Å². The number of carbonyl (C=O) groups excluding carboxylic acids is 1. The highest BCUT2D eigenvalue weighted by Crippen LogP contribution is 2.29. The number of benzene rings is 1. The van der Waals surface area contributed by atoms with Crippen molar-refractivity contribution in [1.82, 2.24) is 29.6 Å². The second-order valence-electron chi connectivity index (χ2n) is 10.1. The second-order valence-corrected chi connectivity index (χ2v) is 15.7. The van der Waals surface area contributed by atoms with E-state index in [0.717, 1.165) is 11.4 Å². The Kier molecular flexibility index (Phi) is 7.02. The van der Waals surface area contributed by atoms with Gasteiger partial charge in [0.15, 0.2) is 5.65 Å². The number of fused-ring (bicyclic) bond motifs is 2. The van der Waals surface area contributed by atoms with Crippen molar-refractivity contribution in [2.24, 2.45) is 12.8 Å². The van der Waals surface area contributed by atoms with Gasteiger partial charge in [-0.05, 0) is 31.2 Å². The van der Waals surface area contributed by atoms with Crippen molar-refractivity contribution in [2.45, 2.75) is 45.4 Å². The van der Waals surface area contributed by atoms with Crippen LogP contribution in [0.3, 0.4) is 0 Å². The average Bonchev–Trinajstić information content (AvgIpc) is 3.31. The topological polar surface area (TPSA) is 113 Å². The Morgan fingerprint density at radius 2 is 2.09 bits per heavy atom. The molecule has 0 aliphatic rings.